The predicted molar refractivity (Wildman–Crippen MR) is 94.8 cm³/mol. The largest absolute Gasteiger partial charge is 0.303 e. The number of rotatable bonds is 1. The number of sulfone groups is 1. The van der Waals surface area contributed by atoms with Gasteiger partial charge in [-0.1, -0.05) is 35.5 Å². The zero-order valence-corrected chi connectivity index (χ0v) is 14.7. The summed E-state index contributed by atoms with van der Waals surface area (Å²) < 4.78 is 26.7. The van der Waals surface area contributed by atoms with Gasteiger partial charge in [-0.15, -0.1) is 5.10 Å². The topological polar surface area (TPSA) is 85.2 Å². The highest BCUT2D eigenvalue weighted by Crippen LogP contribution is 2.45. The first kappa shape index (κ1) is 15.3. The van der Waals surface area contributed by atoms with Gasteiger partial charge in [0.2, 0.25) is 5.91 Å². The second-order valence-electron chi connectivity index (χ2n) is 6.47. The van der Waals surface area contributed by atoms with E-state index in [9.17, 15) is 13.2 Å². The smallest absolute Gasteiger partial charge is 0.242 e. The average Bonchev–Trinajstić information content (AvgIpc) is 3.03. The van der Waals surface area contributed by atoms with Crippen molar-refractivity contribution in [3.05, 3.63) is 53.7 Å². The van der Waals surface area contributed by atoms with Crippen LogP contribution in [-0.2, 0) is 21.2 Å². The molecular formula is C18H14N4O3S. The molecule has 3 aromatic rings. The lowest BCUT2D eigenvalue weighted by Crippen LogP contribution is -2.42. The predicted octanol–water partition coefficient (Wildman–Crippen LogP) is 1.88. The number of fused-ring (bicyclic) bond motifs is 2. The molecule has 26 heavy (non-hydrogen) atoms. The molecule has 0 aliphatic carbocycles. The van der Waals surface area contributed by atoms with Crippen LogP contribution in [0.15, 0.2) is 47.4 Å². The van der Waals surface area contributed by atoms with Gasteiger partial charge in [-0.3, -0.25) is 4.79 Å². The quantitative estimate of drug-likeness (QED) is 0.656. The highest BCUT2D eigenvalue weighted by Gasteiger charge is 2.41. The molecule has 0 saturated heterocycles. The molecule has 130 valence electrons. The fourth-order valence-corrected chi connectivity index (χ4v) is 5.10. The molecule has 0 unspecified atom stereocenters. The Hall–Kier alpha value is -3.00. The Bertz CT molecular complexity index is 1200. The van der Waals surface area contributed by atoms with Crippen LogP contribution in [0, 0.1) is 6.92 Å². The number of hydrogen-bond acceptors (Lipinski definition) is 5. The van der Waals surface area contributed by atoms with E-state index >= 15 is 0 Å². The minimum Gasteiger partial charge on any atom is -0.303 e. The minimum absolute atomic E-state index is 0.192. The number of nitrogens with zero attached hydrogens (tertiary/aromatic N) is 4. The van der Waals surface area contributed by atoms with E-state index in [-0.39, 0.29) is 11.4 Å². The fraction of sp³-hybridized carbons (Fsp3) is 0.167. The van der Waals surface area contributed by atoms with Crippen molar-refractivity contribution in [2.24, 2.45) is 0 Å². The summed E-state index contributed by atoms with van der Waals surface area (Å²) >= 11 is 0. The normalized spacial score (nSPS) is 17.0. The maximum atomic E-state index is 12.5. The van der Waals surface area contributed by atoms with Crippen molar-refractivity contribution in [1.82, 2.24) is 15.0 Å². The zero-order valence-electron chi connectivity index (χ0n) is 13.9. The van der Waals surface area contributed by atoms with Crippen molar-refractivity contribution in [2.45, 2.75) is 18.4 Å². The summed E-state index contributed by atoms with van der Waals surface area (Å²) in [7, 11) is -3.64. The van der Waals surface area contributed by atoms with E-state index in [2.05, 4.69) is 10.3 Å². The molecule has 0 fully saturated rings. The van der Waals surface area contributed by atoms with Crippen molar-refractivity contribution >= 4 is 21.4 Å². The van der Waals surface area contributed by atoms with Gasteiger partial charge < -0.3 is 4.90 Å². The molecule has 0 spiro atoms. The molecule has 1 aromatic heterocycles. The Morgan fingerprint density at radius 1 is 1.08 bits per heavy atom. The summed E-state index contributed by atoms with van der Waals surface area (Å²) in [5.74, 6) is -0.939. The molecule has 1 amide bonds. The lowest BCUT2D eigenvalue weighted by molar-refractivity contribution is -0.116. The minimum atomic E-state index is -3.64. The molecule has 0 radical (unpaired) electrons. The lowest BCUT2D eigenvalue weighted by Gasteiger charge is -2.34. The molecule has 2 aliphatic rings. The first-order chi connectivity index (χ1) is 12.5. The molecular weight excluding hydrogens is 352 g/mol. The summed E-state index contributed by atoms with van der Waals surface area (Å²) in [5.41, 5.74) is 4.39. The number of benzene rings is 2. The van der Waals surface area contributed by atoms with Crippen LogP contribution < -0.4 is 4.90 Å². The summed E-state index contributed by atoms with van der Waals surface area (Å²) in [6.07, 6.45) is 0. The number of aromatic nitrogens is 3. The molecule has 3 heterocycles. The number of para-hydroxylation sites is 2. The second kappa shape index (κ2) is 5.01. The van der Waals surface area contributed by atoms with Crippen LogP contribution in [0.2, 0.25) is 0 Å². The Balaban J connectivity index is 1.84. The monoisotopic (exact) mass is 366 g/mol. The zero-order chi connectivity index (χ0) is 18.1. The SMILES string of the molecule is Cc1ccccc1-n1nnc2c1-c1cccc3c1N(C2)C(=O)CS3(=O)=O. The second-order valence-corrected chi connectivity index (χ2v) is 8.43. The Morgan fingerprint density at radius 2 is 1.88 bits per heavy atom. The first-order valence-corrected chi connectivity index (χ1v) is 9.80. The van der Waals surface area contributed by atoms with Crippen LogP contribution >= 0.6 is 0 Å². The molecule has 0 atom stereocenters. The summed E-state index contributed by atoms with van der Waals surface area (Å²) in [4.78, 5) is 14.1. The average molecular weight is 366 g/mol. The summed E-state index contributed by atoms with van der Waals surface area (Å²) in [5, 5.41) is 8.55. The van der Waals surface area contributed by atoms with Gasteiger partial charge in [-0.05, 0) is 24.6 Å². The van der Waals surface area contributed by atoms with Gasteiger partial charge in [0.1, 0.15) is 17.1 Å². The third-order valence-corrected chi connectivity index (χ3v) is 6.49. The van der Waals surface area contributed by atoms with Crippen LogP contribution in [0.5, 0.6) is 0 Å². The Kier molecular flexibility index (Phi) is 2.94. The van der Waals surface area contributed by atoms with E-state index in [1.54, 1.807) is 16.8 Å². The number of carbonyl (C=O) groups is 1. The highest BCUT2D eigenvalue weighted by molar-refractivity contribution is 7.92. The molecule has 7 nitrogen and oxygen atoms in total. The van der Waals surface area contributed by atoms with Crippen LogP contribution in [-0.4, -0.2) is 35.1 Å². The molecule has 5 rings (SSSR count). The molecule has 2 aliphatic heterocycles. The van der Waals surface area contributed by atoms with Crippen LogP contribution in [0.1, 0.15) is 11.3 Å². The third-order valence-electron chi connectivity index (χ3n) is 4.87. The van der Waals surface area contributed by atoms with E-state index in [1.807, 2.05) is 37.3 Å². The van der Waals surface area contributed by atoms with Gasteiger partial charge >= 0.3 is 0 Å². The number of anilines is 1. The van der Waals surface area contributed by atoms with Crippen molar-refractivity contribution in [1.29, 1.82) is 0 Å². The number of hydrogen-bond donors (Lipinski definition) is 0. The lowest BCUT2D eigenvalue weighted by atomic mass is 10.0. The van der Waals surface area contributed by atoms with E-state index < -0.39 is 21.5 Å². The fourth-order valence-electron chi connectivity index (χ4n) is 3.66. The number of carbonyl (C=O) groups excluding carboxylic acids is 1. The van der Waals surface area contributed by atoms with Gasteiger partial charge in [0.15, 0.2) is 9.84 Å². The summed E-state index contributed by atoms with van der Waals surface area (Å²) in [6, 6.07) is 12.8. The van der Waals surface area contributed by atoms with Crippen LogP contribution in [0.4, 0.5) is 5.69 Å². The van der Waals surface area contributed by atoms with Gasteiger partial charge in [-0.25, -0.2) is 13.1 Å². The van der Waals surface area contributed by atoms with Crippen LogP contribution in [0.25, 0.3) is 16.9 Å². The van der Waals surface area contributed by atoms with Gasteiger partial charge in [0.25, 0.3) is 0 Å². The standard InChI is InChI=1S/C18H14N4O3S/c1-11-5-2-3-7-14(11)22-17-12-6-4-8-15-18(12)21(9-13(17)19-20-22)16(23)10-26(15,24)25/h2-8H,9-10H2,1H3. The molecule has 8 heteroatoms. The van der Waals surface area contributed by atoms with Crippen molar-refractivity contribution < 1.29 is 13.2 Å². The third kappa shape index (κ3) is 1.93. The van der Waals surface area contributed by atoms with Gasteiger partial charge in [0, 0.05) is 5.56 Å². The van der Waals surface area contributed by atoms with E-state index in [0.717, 1.165) is 16.9 Å². The summed E-state index contributed by atoms with van der Waals surface area (Å²) in [6.45, 7) is 2.20. The van der Waals surface area contributed by atoms with E-state index in [1.165, 1.54) is 4.90 Å². The van der Waals surface area contributed by atoms with E-state index in [4.69, 9.17) is 0 Å². The Labute approximate surface area is 149 Å². The van der Waals surface area contributed by atoms with E-state index in [0.29, 0.717) is 16.9 Å². The molecule has 0 N–H and O–H groups in total. The maximum absolute atomic E-state index is 12.5. The Morgan fingerprint density at radius 3 is 2.69 bits per heavy atom. The van der Waals surface area contributed by atoms with Crippen molar-refractivity contribution in [3.8, 4) is 16.9 Å². The van der Waals surface area contributed by atoms with Crippen LogP contribution in [0.3, 0.4) is 0 Å². The molecule has 0 saturated carbocycles. The molecule has 2 aromatic carbocycles. The first-order valence-electron chi connectivity index (χ1n) is 8.14. The van der Waals surface area contributed by atoms with Gasteiger partial charge in [-0.2, -0.15) is 0 Å². The van der Waals surface area contributed by atoms with Gasteiger partial charge in [0.05, 0.1) is 22.8 Å². The van der Waals surface area contributed by atoms with Crippen molar-refractivity contribution in [2.75, 3.05) is 10.7 Å². The maximum Gasteiger partial charge on any atom is 0.242 e. The number of amides is 1. The number of aryl methyl sites for hydroxylation is 1. The molecule has 0 bridgehead atoms. The highest BCUT2D eigenvalue weighted by atomic mass is 32.2. The van der Waals surface area contributed by atoms with Crippen molar-refractivity contribution in [3.63, 3.8) is 0 Å².